The standard InChI is InChI=1S/C24H23Cl2N5O2/c25-18-6-7-21(26)17(12-18)14-29-10-8-24(33,9-11-29)15-30-16-27-22-20(23(30)32)13-28-31(22)19-4-2-1-3-5-19/h1-7,12-13,16,33H,8-11,14-15H2. The van der Waals surface area contributed by atoms with Gasteiger partial charge in [0, 0.05) is 29.7 Å². The van der Waals surface area contributed by atoms with Crippen LogP contribution in [-0.4, -0.2) is 48.0 Å². The summed E-state index contributed by atoms with van der Waals surface area (Å²) in [5.41, 5.74) is 1.12. The van der Waals surface area contributed by atoms with Gasteiger partial charge >= 0.3 is 0 Å². The molecule has 1 aliphatic rings. The average Bonchev–Trinajstić information content (AvgIpc) is 3.25. The van der Waals surface area contributed by atoms with Crippen molar-refractivity contribution in [2.45, 2.75) is 31.5 Å². The number of piperidine rings is 1. The predicted molar refractivity (Wildman–Crippen MR) is 129 cm³/mol. The highest BCUT2D eigenvalue weighted by atomic mass is 35.5. The van der Waals surface area contributed by atoms with Crippen LogP contribution in [0.15, 0.2) is 65.8 Å². The van der Waals surface area contributed by atoms with Gasteiger partial charge in [-0.1, -0.05) is 41.4 Å². The van der Waals surface area contributed by atoms with Crippen LogP contribution in [0, 0.1) is 0 Å². The first-order valence-electron chi connectivity index (χ1n) is 10.8. The number of hydrogen-bond acceptors (Lipinski definition) is 5. The highest BCUT2D eigenvalue weighted by Crippen LogP contribution is 2.27. The Morgan fingerprint density at radius 2 is 1.82 bits per heavy atom. The highest BCUT2D eigenvalue weighted by Gasteiger charge is 2.33. The van der Waals surface area contributed by atoms with Crippen LogP contribution in [0.4, 0.5) is 0 Å². The Kier molecular flexibility index (Phi) is 5.97. The summed E-state index contributed by atoms with van der Waals surface area (Å²) in [6.07, 6.45) is 4.12. The number of fused-ring (bicyclic) bond motifs is 1. The maximum absolute atomic E-state index is 13.1. The minimum atomic E-state index is -0.983. The maximum atomic E-state index is 13.1. The third kappa shape index (κ3) is 4.54. The van der Waals surface area contributed by atoms with Gasteiger partial charge in [0.15, 0.2) is 5.65 Å². The molecule has 0 unspecified atom stereocenters. The molecular formula is C24H23Cl2N5O2. The normalized spacial score (nSPS) is 16.3. The second-order valence-corrected chi connectivity index (χ2v) is 9.39. The average molecular weight is 484 g/mol. The SMILES string of the molecule is O=c1c2cnn(-c3ccccc3)c2ncn1CC1(O)CCN(Cc2cc(Cl)ccc2Cl)CC1. The molecule has 2 aromatic carbocycles. The van der Waals surface area contributed by atoms with Crippen molar-refractivity contribution in [2.24, 2.45) is 0 Å². The van der Waals surface area contributed by atoms with E-state index in [4.69, 9.17) is 23.2 Å². The molecule has 0 atom stereocenters. The molecule has 1 N–H and O–H groups in total. The first-order valence-corrected chi connectivity index (χ1v) is 11.5. The van der Waals surface area contributed by atoms with Gasteiger partial charge in [-0.25, -0.2) is 9.67 Å². The monoisotopic (exact) mass is 483 g/mol. The summed E-state index contributed by atoms with van der Waals surface area (Å²) < 4.78 is 3.14. The number of rotatable bonds is 5. The van der Waals surface area contributed by atoms with Gasteiger partial charge in [0.2, 0.25) is 0 Å². The lowest BCUT2D eigenvalue weighted by Crippen LogP contribution is -2.47. The Hall–Kier alpha value is -2.71. The van der Waals surface area contributed by atoms with E-state index in [0.717, 1.165) is 11.3 Å². The van der Waals surface area contributed by atoms with Gasteiger partial charge in [-0.2, -0.15) is 5.10 Å². The summed E-state index contributed by atoms with van der Waals surface area (Å²) in [7, 11) is 0. The molecule has 0 saturated carbocycles. The molecule has 5 rings (SSSR count). The molecule has 9 heteroatoms. The highest BCUT2D eigenvalue weighted by molar-refractivity contribution is 6.33. The summed E-state index contributed by atoms with van der Waals surface area (Å²) in [6, 6.07) is 15.0. The van der Waals surface area contributed by atoms with Crippen LogP contribution in [0.2, 0.25) is 10.0 Å². The van der Waals surface area contributed by atoms with E-state index in [9.17, 15) is 9.90 Å². The topological polar surface area (TPSA) is 76.2 Å². The van der Waals surface area contributed by atoms with Gasteiger partial charge in [-0.05, 0) is 48.7 Å². The van der Waals surface area contributed by atoms with E-state index >= 15 is 0 Å². The summed E-state index contributed by atoms with van der Waals surface area (Å²) in [5, 5.41) is 17.3. The second kappa shape index (κ2) is 8.91. The number of likely N-dealkylation sites (tertiary alicyclic amines) is 1. The number of halogens is 2. The molecular weight excluding hydrogens is 461 g/mol. The Balaban J connectivity index is 1.30. The molecule has 0 radical (unpaired) electrons. The smallest absolute Gasteiger partial charge is 0.264 e. The molecule has 2 aromatic heterocycles. The Morgan fingerprint density at radius 3 is 2.58 bits per heavy atom. The molecule has 0 amide bonds. The van der Waals surface area contributed by atoms with Crippen molar-refractivity contribution in [1.82, 2.24) is 24.2 Å². The van der Waals surface area contributed by atoms with E-state index in [-0.39, 0.29) is 12.1 Å². The summed E-state index contributed by atoms with van der Waals surface area (Å²) in [5.74, 6) is 0. The fourth-order valence-corrected chi connectivity index (χ4v) is 4.70. The van der Waals surface area contributed by atoms with Crippen LogP contribution < -0.4 is 5.56 Å². The van der Waals surface area contributed by atoms with Crippen molar-refractivity contribution in [2.75, 3.05) is 13.1 Å². The van der Waals surface area contributed by atoms with Crippen LogP contribution in [0.25, 0.3) is 16.7 Å². The van der Waals surface area contributed by atoms with Crippen LogP contribution in [-0.2, 0) is 13.1 Å². The number of hydrogen-bond donors (Lipinski definition) is 1. The zero-order valence-corrected chi connectivity index (χ0v) is 19.4. The maximum Gasteiger partial charge on any atom is 0.264 e. The van der Waals surface area contributed by atoms with Gasteiger partial charge < -0.3 is 5.11 Å². The van der Waals surface area contributed by atoms with E-state index < -0.39 is 5.60 Å². The molecule has 0 bridgehead atoms. The van der Waals surface area contributed by atoms with E-state index in [0.29, 0.717) is 53.6 Å². The lowest BCUT2D eigenvalue weighted by molar-refractivity contribution is -0.0364. The molecule has 4 aromatic rings. The third-order valence-corrected chi connectivity index (χ3v) is 6.81. The predicted octanol–water partition coefficient (Wildman–Crippen LogP) is 3.92. The van der Waals surface area contributed by atoms with Crippen molar-refractivity contribution in [3.8, 4) is 5.69 Å². The van der Waals surface area contributed by atoms with Crippen molar-refractivity contribution in [3.05, 3.63) is 87.0 Å². The van der Waals surface area contributed by atoms with Gasteiger partial charge in [-0.15, -0.1) is 0 Å². The summed E-state index contributed by atoms with van der Waals surface area (Å²) >= 11 is 12.4. The van der Waals surface area contributed by atoms with Crippen molar-refractivity contribution in [3.63, 3.8) is 0 Å². The lowest BCUT2D eigenvalue weighted by atomic mass is 9.91. The Labute approximate surface area is 200 Å². The molecule has 33 heavy (non-hydrogen) atoms. The number of benzene rings is 2. The number of aromatic nitrogens is 4. The molecule has 170 valence electrons. The lowest BCUT2D eigenvalue weighted by Gasteiger charge is -2.38. The molecule has 0 spiro atoms. The van der Waals surface area contributed by atoms with Crippen LogP contribution in [0.3, 0.4) is 0 Å². The third-order valence-electron chi connectivity index (χ3n) is 6.21. The minimum absolute atomic E-state index is 0.192. The van der Waals surface area contributed by atoms with Crippen LogP contribution in [0.5, 0.6) is 0 Å². The quantitative estimate of drug-likeness (QED) is 0.465. The first-order chi connectivity index (χ1) is 15.9. The van der Waals surface area contributed by atoms with Gasteiger partial charge in [0.05, 0.1) is 24.0 Å². The van der Waals surface area contributed by atoms with Gasteiger partial charge in [-0.3, -0.25) is 14.3 Å². The first kappa shape index (κ1) is 22.1. The van der Waals surface area contributed by atoms with Crippen molar-refractivity contribution >= 4 is 34.2 Å². The van der Waals surface area contributed by atoms with E-state index in [1.165, 1.54) is 17.1 Å². The molecule has 1 aliphatic heterocycles. The molecule has 1 saturated heterocycles. The van der Waals surface area contributed by atoms with Crippen molar-refractivity contribution in [1.29, 1.82) is 0 Å². The fourth-order valence-electron chi connectivity index (χ4n) is 4.33. The summed E-state index contributed by atoms with van der Waals surface area (Å²) in [4.78, 5) is 19.8. The van der Waals surface area contributed by atoms with Gasteiger partial charge in [0.1, 0.15) is 11.7 Å². The number of aliphatic hydroxyl groups is 1. The molecule has 7 nitrogen and oxygen atoms in total. The summed E-state index contributed by atoms with van der Waals surface area (Å²) in [6.45, 7) is 2.24. The molecule has 0 aliphatic carbocycles. The van der Waals surface area contributed by atoms with E-state index in [1.807, 2.05) is 36.4 Å². The zero-order valence-electron chi connectivity index (χ0n) is 17.9. The fraction of sp³-hybridized carbons (Fsp3) is 0.292. The van der Waals surface area contributed by atoms with E-state index in [2.05, 4.69) is 15.0 Å². The Bertz CT molecular complexity index is 1340. The number of para-hydroxylation sites is 1. The molecule has 3 heterocycles. The second-order valence-electron chi connectivity index (χ2n) is 8.54. The number of nitrogens with zero attached hydrogens (tertiary/aromatic N) is 5. The molecule has 1 fully saturated rings. The van der Waals surface area contributed by atoms with Crippen LogP contribution >= 0.6 is 23.2 Å². The minimum Gasteiger partial charge on any atom is -0.388 e. The van der Waals surface area contributed by atoms with Crippen LogP contribution in [0.1, 0.15) is 18.4 Å². The van der Waals surface area contributed by atoms with Crippen molar-refractivity contribution < 1.29 is 5.11 Å². The van der Waals surface area contributed by atoms with Gasteiger partial charge in [0.25, 0.3) is 5.56 Å². The zero-order chi connectivity index (χ0) is 23.0. The largest absolute Gasteiger partial charge is 0.388 e. The Morgan fingerprint density at radius 1 is 1.06 bits per heavy atom. The van der Waals surface area contributed by atoms with E-state index in [1.54, 1.807) is 16.8 Å².